The minimum Gasteiger partial charge on any atom is -0.444 e. The van der Waals surface area contributed by atoms with Crippen molar-refractivity contribution in [1.29, 1.82) is 0 Å². The Kier molecular flexibility index (Phi) is 5.60. The summed E-state index contributed by atoms with van der Waals surface area (Å²) >= 11 is 0. The van der Waals surface area contributed by atoms with Crippen molar-refractivity contribution in [2.24, 2.45) is 5.92 Å². The summed E-state index contributed by atoms with van der Waals surface area (Å²) in [6.45, 7) is 3.42. The van der Waals surface area contributed by atoms with Crippen LogP contribution in [0.4, 0.5) is 21.9 Å². The fraction of sp³-hybridized carbons (Fsp3) is 0.889. The first-order chi connectivity index (χ1) is 8.21. The van der Waals surface area contributed by atoms with Gasteiger partial charge in [0.2, 0.25) is 0 Å². The molecule has 19 heavy (non-hydrogen) atoms. The van der Waals surface area contributed by atoms with E-state index in [1.165, 1.54) is 20.8 Å². The van der Waals surface area contributed by atoms with E-state index in [2.05, 4.69) is 4.74 Å². The first-order valence-corrected chi connectivity index (χ1v) is 6.72. The molecule has 114 valence electrons. The molecule has 1 unspecified atom stereocenters. The molecule has 10 heteroatoms. The normalized spacial score (nSPS) is 14.9. The van der Waals surface area contributed by atoms with Crippen LogP contribution in [0.25, 0.3) is 0 Å². The summed E-state index contributed by atoms with van der Waals surface area (Å²) in [5.74, 6) is -4.28. The van der Waals surface area contributed by atoms with Crippen molar-refractivity contribution >= 4 is 16.3 Å². The number of halogens is 4. The quantitative estimate of drug-likeness (QED) is 0.637. The molecular formula is C9H15F4NO4S. The molecule has 0 aromatic rings. The second-order valence-electron chi connectivity index (χ2n) is 4.83. The summed E-state index contributed by atoms with van der Waals surface area (Å²) in [7, 11) is -5.30. The van der Waals surface area contributed by atoms with E-state index in [-0.39, 0.29) is 0 Å². The molecule has 5 nitrogen and oxygen atoms in total. The lowest BCUT2D eigenvalue weighted by Crippen LogP contribution is -2.41. The number of alkyl halides is 3. The Hall–Kier alpha value is -1.06. The lowest BCUT2D eigenvalue weighted by Gasteiger charge is -2.22. The van der Waals surface area contributed by atoms with E-state index >= 15 is 0 Å². The zero-order valence-electron chi connectivity index (χ0n) is 10.5. The molecular weight excluding hydrogens is 294 g/mol. The van der Waals surface area contributed by atoms with Crippen molar-refractivity contribution in [3.63, 3.8) is 0 Å². The largest absolute Gasteiger partial charge is 0.444 e. The number of rotatable bonds is 4. The molecule has 1 N–H and O–H groups in total. The first kappa shape index (κ1) is 17.9. The van der Waals surface area contributed by atoms with Crippen LogP contribution >= 0.6 is 0 Å². The molecule has 0 aliphatic carbocycles. The molecule has 0 bridgehead atoms. The number of nitrogens with one attached hydrogen (secondary N) is 1. The Balaban J connectivity index is 4.57. The van der Waals surface area contributed by atoms with Crippen molar-refractivity contribution in [1.82, 2.24) is 5.32 Å². The second kappa shape index (κ2) is 5.93. The van der Waals surface area contributed by atoms with Crippen LogP contribution in [0.3, 0.4) is 0 Å². The lowest BCUT2D eigenvalue weighted by atomic mass is 10.2. The van der Waals surface area contributed by atoms with E-state index in [0.717, 1.165) is 0 Å². The molecule has 1 atom stereocenters. The summed E-state index contributed by atoms with van der Waals surface area (Å²) in [4.78, 5) is 11.1. The zero-order chi connectivity index (χ0) is 15.5. The van der Waals surface area contributed by atoms with E-state index in [1.54, 1.807) is 5.32 Å². The predicted octanol–water partition coefficient (Wildman–Crippen LogP) is 1.99. The maximum atomic E-state index is 12.4. The van der Waals surface area contributed by atoms with Crippen molar-refractivity contribution in [2.45, 2.75) is 32.5 Å². The molecule has 0 rings (SSSR count). The molecule has 0 heterocycles. The molecule has 0 saturated carbocycles. The van der Waals surface area contributed by atoms with Crippen LogP contribution in [0, 0.1) is 5.92 Å². The molecule has 0 aliphatic rings. The summed E-state index contributed by atoms with van der Waals surface area (Å²) in [6, 6.07) is 0. The van der Waals surface area contributed by atoms with Gasteiger partial charge in [-0.3, -0.25) is 0 Å². The smallest absolute Gasteiger partial charge is 0.407 e. The van der Waals surface area contributed by atoms with Crippen molar-refractivity contribution < 1.29 is 35.0 Å². The summed E-state index contributed by atoms with van der Waals surface area (Å²) in [5, 5.41) is 1.76. The molecule has 0 saturated heterocycles. The number of amides is 1. The Bertz CT molecular complexity index is 413. The van der Waals surface area contributed by atoms with E-state index < -0.39 is 46.3 Å². The maximum absolute atomic E-state index is 12.4. The second-order valence-corrected chi connectivity index (χ2v) is 6.24. The number of alkyl carbamates (subject to hydrolysis) is 1. The highest BCUT2D eigenvalue weighted by Gasteiger charge is 2.42. The van der Waals surface area contributed by atoms with E-state index in [0.29, 0.717) is 0 Å². The van der Waals surface area contributed by atoms with Gasteiger partial charge in [0.05, 0.1) is 11.7 Å². The zero-order valence-corrected chi connectivity index (χ0v) is 11.4. The molecule has 0 radical (unpaired) electrons. The van der Waals surface area contributed by atoms with Crippen LogP contribution in [0.15, 0.2) is 0 Å². The van der Waals surface area contributed by atoms with Crippen molar-refractivity contribution in [2.75, 3.05) is 12.3 Å². The van der Waals surface area contributed by atoms with Gasteiger partial charge in [0.25, 0.3) is 0 Å². The fourth-order valence-electron chi connectivity index (χ4n) is 1.03. The predicted molar refractivity (Wildman–Crippen MR) is 58.7 cm³/mol. The van der Waals surface area contributed by atoms with Gasteiger partial charge in [-0.15, -0.1) is 3.89 Å². The topological polar surface area (TPSA) is 72.5 Å². The van der Waals surface area contributed by atoms with Crippen molar-refractivity contribution in [3.8, 4) is 0 Å². The van der Waals surface area contributed by atoms with E-state index in [9.17, 15) is 30.3 Å². The van der Waals surface area contributed by atoms with Crippen LogP contribution in [0.5, 0.6) is 0 Å². The molecule has 0 aliphatic heterocycles. The van der Waals surface area contributed by atoms with Crippen LogP contribution in [-0.4, -0.2) is 38.6 Å². The maximum Gasteiger partial charge on any atom is 0.407 e. The van der Waals surface area contributed by atoms with Gasteiger partial charge in [-0.2, -0.15) is 21.6 Å². The fourth-order valence-corrected chi connectivity index (χ4v) is 1.82. The monoisotopic (exact) mass is 309 g/mol. The standard InChI is InChI=1S/C9H15F4NO4S/c1-8(2,3)18-7(15)14-4-6(9(10,11)12)5-19(13,16)17/h6H,4-5H2,1-3H3,(H,14,15). The van der Waals surface area contributed by atoms with Crippen molar-refractivity contribution in [3.05, 3.63) is 0 Å². The van der Waals surface area contributed by atoms with Gasteiger partial charge in [0.1, 0.15) is 5.60 Å². The van der Waals surface area contributed by atoms with Gasteiger partial charge < -0.3 is 10.1 Å². The Morgan fingerprint density at radius 1 is 1.26 bits per heavy atom. The molecule has 0 aromatic heterocycles. The summed E-state index contributed by atoms with van der Waals surface area (Å²) in [5.41, 5.74) is -0.913. The minimum atomic E-state index is -5.30. The van der Waals surface area contributed by atoms with E-state index in [1.807, 2.05) is 0 Å². The molecule has 1 amide bonds. The average molecular weight is 309 g/mol. The minimum absolute atomic E-state index is 0.913. The van der Waals surface area contributed by atoms with Gasteiger partial charge in [-0.05, 0) is 20.8 Å². The molecule has 0 spiro atoms. The SMILES string of the molecule is CC(C)(C)OC(=O)NCC(CS(=O)(=O)F)C(F)(F)F. The third-order valence-corrected chi connectivity index (χ3v) is 2.56. The summed E-state index contributed by atoms with van der Waals surface area (Å²) in [6.07, 6.45) is -6.09. The van der Waals surface area contributed by atoms with E-state index in [4.69, 9.17) is 0 Å². The Morgan fingerprint density at radius 2 is 1.74 bits per heavy atom. The highest BCUT2D eigenvalue weighted by Crippen LogP contribution is 2.27. The Labute approximate surface area is 108 Å². The van der Waals surface area contributed by atoms with Crippen LogP contribution < -0.4 is 5.32 Å². The summed E-state index contributed by atoms with van der Waals surface area (Å²) < 4.78 is 74.7. The number of carbonyl (C=O) groups excluding carboxylic acids is 1. The third-order valence-electron chi connectivity index (χ3n) is 1.75. The van der Waals surface area contributed by atoms with Gasteiger partial charge in [-0.1, -0.05) is 0 Å². The molecule has 0 fully saturated rings. The number of carbonyl (C=O) groups is 1. The molecule has 0 aromatic carbocycles. The number of hydrogen-bond acceptors (Lipinski definition) is 4. The van der Waals surface area contributed by atoms with Crippen LogP contribution in [0.1, 0.15) is 20.8 Å². The number of hydrogen-bond donors (Lipinski definition) is 1. The van der Waals surface area contributed by atoms with Crippen LogP contribution in [0.2, 0.25) is 0 Å². The highest BCUT2D eigenvalue weighted by atomic mass is 32.3. The highest BCUT2D eigenvalue weighted by molar-refractivity contribution is 7.86. The van der Waals surface area contributed by atoms with Gasteiger partial charge in [0, 0.05) is 6.54 Å². The third kappa shape index (κ3) is 9.51. The average Bonchev–Trinajstić information content (AvgIpc) is 2.05. The van der Waals surface area contributed by atoms with Gasteiger partial charge in [0.15, 0.2) is 0 Å². The van der Waals surface area contributed by atoms with Gasteiger partial charge in [-0.25, -0.2) is 4.79 Å². The number of ether oxygens (including phenoxy) is 1. The van der Waals surface area contributed by atoms with Gasteiger partial charge >= 0.3 is 22.5 Å². The first-order valence-electron chi connectivity index (χ1n) is 5.16. The lowest BCUT2D eigenvalue weighted by molar-refractivity contribution is -0.166. The van der Waals surface area contributed by atoms with Crippen LogP contribution in [-0.2, 0) is 15.0 Å². The Morgan fingerprint density at radius 3 is 2.05 bits per heavy atom.